The number of benzene rings is 1. The van der Waals surface area contributed by atoms with E-state index in [-0.39, 0.29) is 0 Å². The maximum Gasteiger partial charge on any atom is 0.149 e. The van der Waals surface area contributed by atoms with Gasteiger partial charge in [0.2, 0.25) is 0 Å². The van der Waals surface area contributed by atoms with E-state index in [9.17, 15) is 0 Å². The summed E-state index contributed by atoms with van der Waals surface area (Å²) < 4.78 is 6.25. The summed E-state index contributed by atoms with van der Waals surface area (Å²) in [6, 6.07) is 7.70. The molecule has 1 atom stereocenters. The Morgan fingerprint density at radius 2 is 1.95 bits per heavy atom. The molecule has 1 aromatic carbocycles. The summed E-state index contributed by atoms with van der Waals surface area (Å²) in [6.45, 7) is 19.4. The molecule has 0 saturated carbocycles. The van der Waals surface area contributed by atoms with Crippen molar-refractivity contribution in [2.45, 2.75) is 33.3 Å². The fourth-order valence-corrected chi connectivity index (χ4v) is 2.31. The Kier molecular flexibility index (Phi) is 5.54. The number of ether oxygens (including phenoxy) is 1. The highest BCUT2D eigenvalue weighted by molar-refractivity contribution is 5.42. The molecule has 2 heteroatoms. The zero-order valence-corrected chi connectivity index (χ0v) is 13.9. The van der Waals surface area contributed by atoms with Crippen LogP contribution in [0.3, 0.4) is 0 Å². The van der Waals surface area contributed by atoms with Crippen LogP contribution in [0.5, 0.6) is 0 Å². The van der Waals surface area contributed by atoms with E-state index in [2.05, 4.69) is 25.8 Å². The number of rotatable bonds is 6. The average Bonchev–Trinajstić information content (AvgIpc) is 2.51. The molecule has 0 aromatic heterocycles. The Labute approximate surface area is 133 Å². The van der Waals surface area contributed by atoms with Crippen molar-refractivity contribution in [3.63, 3.8) is 0 Å². The second kappa shape index (κ2) is 6.95. The minimum Gasteiger partial charge on any atom is -0.478 e. The Morgan fingerprint density at radius 3 is 2.36 bits per heavy atom. The van der Waals surface area contributed by atoms with E-state index in [4.69, 9.17) is 10.00 Å². The lowest BCUT2D eigenvalue weighted by atomic mass is 9.90. The van der Waals surface area contributed by atoms with E-state index in [0.717, 1.165) is 22.3 Å². The van der Waals surface area contributed by atoms with Crippen molar-refractivity contribution in [1.29, 1.82) is 5.26 Å². The molecule has 0 aliphatic heterocycles. The number of hydrogen-bond donors (Lipinski definition) is 0. The van der Waals surface area contributed by atoms with E-state index in [1.807, 2.05) is 39.8 Å². The van der Waals surface area contributed by atoms with Crippen LogP contribution < -0.4 is 0 Å². The highest BCUT2D eigenvalue weighted by Crippen LogP contribution is 2.34. The van der Waals surface area contributed by atoms with Gasteiger partial charge in [-0.3, -0.25) is 0 Å². The summed E-state index contributed by atoms with van der Waals surface area (Å²) in [5.74, 6) is 0.709. The third-order valence-electron chi connectivity index (χ3n) is 3.65. The standard InChI is InChI=1S/C20H23NO/c1-8-15(5)19(14(3)4)22-20(7,9-2)18-11-10-17(13-21)12-16(18)6/h8-12H,1-3H2,4-7H3/b19-15+. The van der Waals surface area contributed by atoms with Crippen LogP contribution in [0, 0.1) is 18.3 Å². The molecule has 0 bridgehead atoms. The predicted octanol–water partition coefficient (Wildman–Crippen LogP) is 5.32. The molecule has 0 amide bonds. The second-order valence-corrected chi connectivity index (χ2v) is 5.55. The molecular formula is C20H23NO. The molecule has 0 aliphatic rings. The molecule has 1 aromatic rings. The van der Waals surface area contributed by atoms with Crippen LogP contribution in [0.1, 0.15) is 37.5 Å². The summed E-state index contributed by atoms with van der Waals surface area (Å²) in [4.78, 5) is 0. The molecule has 0 heterocycles. The predicted molar refractivity (Wildman–Crippen MR) is 92.2 cm³/mol. The Balaban J connectivity index is 3.39. The van der Waals surface area contributed by atoms with Gasteiger partial charge in [-0.1, -0.05) is 31.9 Å². The number of aryl methyl sites for hydroxylation is 1. The van der Waals surface area contributed by atoms with Gasteiger partial charge in [0.05, 0.1) is 11.6 Å². The first-order valence-corrected chi connectivity index (χ1v) is 7.12. The molecule has 0 N–H and O–H groups in total. The van der Waals surface area contributed by atoms with E-state index in [0.29, 0.717) is 11.3 Å². The number of nitriles is 1. The molecule has 0 fully saturated rings. The number of hydrogen-bond acceptors (Lipinski definition) is 2. The highest BCUT2D eigenvalue weighted by Gasteiger charge is 2.28. The van der Waals surface area contributed by atoms with Crippen molar-refractivity contribution in [1.82, 2.24) is 0 Å². The van der Waals surface area contributed by atoms with Crippen molar-refractivity contribution in [3.8, 4) is 6.07 Å². The van der Waals surface area contributed by atoms with Crippen molar-refractivity contribution in [3.05, 3.63) is 83.7 Å². The van der Waals surface area contributed by atoms with Crippen LogP contribution in [0.4, 0.5) is 0 Å². The van der Waals surface area contributed by atoms with E-state index >= 15 is 0 Å². The molecule has 114 valence electrons. The van der Waals surface area contributed by atoms with Gasteiger partial charge in [-0.15, -0.1) is 0 Å². The molecule has 0 radical (unpaired) electrons. The zero-order valence-electron chi connectivity index (χ0n) is 13.9. The molecule has 2 nitrogen and oxygen atoms in total. The topological polar surface area (TPSA) is 33.0 Å². The normalized spacial score (nSPS) is 14.1. The van der Waals surface area contributed by atoms with Crippen LogP contribution in [0.15, 0.2) is 67.0 Å². The van der Waals surface area contributed by atoms with Gasteiger partial charge in [-0.05, 0) is 62.6 Å². The summed E-state index contributed by atoms with van der Waals surface area (Å²) in [6.07, 6.45) is 3.51. The van der Waals surface area contributed by atoms with Crippen molar-refractivity contribution < 1.29 is 4.74 Å². The SMILES string of the molecule is C=C/C(C)=C(/OC(C)(C=C)c1ccc(C#N)cc1C)C(=C)C. The van der Waals surface area contributed by atoms with Crippen molar-refractivity contribution in [2.24, 2.45) is 0 Å². The second-order valence-electron chi connectivity index (χ2n) is 5.55. The lowest BCUT2D eigenvalue weighted by Gasteiger charge is -2.31. The molecule has 0 spiro atoms. The lowest BCUT2D eigenvalue weighted by Crippen LogP contribution is -2.24. The third kappa shape index (κ3) is 3.56. The molecule has 1 unspecified atom stereocenters. The highest BCUT2D eigenvalue weighted by atomic mass is 16.5. The quantitative estimate of drug-likeness (QED) is 0.404. The van der Waals surface area contributed by atoms with Gasteiger partial charge in [0.1, 0.15) is 11.4 Å². The molecular weight excluding hydrogens is 270 g/mol. The van der Waals surface area contributed by atoms with Crippen LogP contribution >= 0.6 is 0 Å². The molecule has 0 aliphatic carbocycles. The van der Waals surface area contributed by atoms with E-state index < -0.39 is 5.60 Å². The Bertz CT molecular complexity index is 688. The largest absolute Gasteiger partial charge is 0.478 e. The first-order valence-electron chi connectivity index (χ1n) is 7.12. The fraction of sp³-hybridized carbons (Fsp3) is 0.250. The number of nitrogens with zero attached hydrogens (tertiary/aromatic N) is 1. The Morgan fingerprint density at radius 1 is 1.32 bits per heavy atom. The van der Waals surface area contributed by atoms with Crippen LogP contribution in [-0.2, 0) is 10.3 Å². The first-order chi connectivity index (χ1) is 10.3. The van der Waals surface area contributed by atoms with Crippen LogP contribution in [0.25, 0.3) is 0 Å². The smallest absolute Gasteiger partial charge is 0.149 e. The minimum absolute atomic E-state index is 0.630. The van der Waals surface area contributed by atoms with E-state index in [1.54, 1.807) is 18.2 Å². The van der Waals surface area contributed by atoms with Gasteiger partial charge in [0.25, 0.3) is 0 Å². The Hall–Kier alpha value is -2.53. The van der Waals surface area contributed by atoms with E-state index in [1.165, 1.54) is 0 Å². The van der Waals surface area contributed by atoms with Gasteiger partial charge in [0, 0.05) is 5.56 Å². The molecule has 0 saturated heterocycles. The van der Waals surface area contributed by atoms with Crippen LogP contribution in [-0.4, -0.2) is 0 Å². The van der Waals surface area contributed by atoms with Gasteiger partial charge in [-0.25, -0.2) is 0 Å². The maximum atomic E-state index is 9.00. The monoisotopic (exact) mass is 293 g/mol. The van der Waals surface area contributed by atoms with Gasteiger partial charge >= 0.3 is 0 Å². The summed E-state index contributed by atoms with van der Waals surface area (Å²) >= 11 is 0. The summed E-state index contributed by atoms with van der Waals surface area (Å²) in [5, 5.41) is 9.00. The van der Waals surface area contributed by atoms with Crippen molar-refractivity contribution >= 4 is 0 Å². The summed E-state index contributed by atoms with van der Waals surface area (Å²) in [7, 11) is 0. The fourth-order valence-electron chi connectivity index (χ4n) is 2.31. The minimum atomic E-state index is -0.712. The average molecular weight is 293 g/mol. The van der Waals surface area contributed by atoms with Gasteiger partial charge < -0.3 is 4.74 Å². The summed E-state index contributed by atoms with van der Waals surface area (Å²) in [5.41, 5.74) is 3.63. The first kappa shape index (κ1) is 17.5. The molecule has 1 rings (SSSR count). The lowest BCUT2D eigenvalue weighted by molar-refractivity contribution is 0.0628. The third-order valence-corrected chi connectivity index (χ3v) is 3.65. The van der Waals surface area contributed by atoms with Gasteiger partial charge in [-0.2, -0.15) is 5.26 Å². The maximum absolute atomic E-state index is 9.00. The van der Waals surface area contributed by atoms with Crippen molar-refractivity contribution in [2.75, 3.05) is 0 Å². The number of allylic oxidation sites excluding steroid dienone is 3. The van der Waals surface area contributed by atoms with Crippen LogP contribution in [0.2, 0.25) is 0 Å². The van der Waals surface area contributed by atoms with Gasteiger partial charge in [0.15, 0.2) is 0 Å². The molecule has 22 heavy (non-hydrogen) atoms. The zero-order chi connectivity index (χ0) is 16.9.